The van der Waals surface area contributed by atoms with E-state index in [1.807, 2.05) is 41.5 Å². The first-order valence-electron chi connectivity index (χ1n) is 7.21. The topological polar surface area (TPSA) is 77.3 Å². The second-order valence-corrected chi connectivity index (χ2v) is 8.10. The molecule has 0 radical (unpaired) electrons. The van der Waals surface area contributed by atoms with Crippen molar-refractivity contribution < 1.29 is 69.3 Å². The van der Waals surface area contributed by atoms with Crippen LogP contribution in [0.3, 0.4) is 0 Å². The van der Waals surface area contributed by atoms with Crippen LogP contribution in [0.1, 0.15) is 48.0 Å². The number of hydrazone groups is 2. The molecular formula is C15H26N4Na2O2S2. The number of rotatable bonds is 4. The Kier molecular flexibility index (Phi) is 14.9. The third-order valence-electron chi connectivity index (χ3n) is 2.70. The Labute approximate surface area is 206 Å². The Bertz CT molecular complexity index is 481. The molecule has 0 rings (SSSR count). The van der Waals surface area contributed by atoms with Crippen LogP contribution in [-0.4, -0.2) is 45.9 Å². The first kappa shape index (κ1) is 30.4. The van der Waals surface area contributed by atoms with Gasteiger partial charge in [-0.2, -0.15) is 10.2 Å². The van der Waals surface area contributed by atoms with Gasteiger partial charge in [-0.1, -0.05) is 66.0 Å². The molecule has 0 N–H and O–H groups in total. The summed E-state index contributed by atoms with van der Waals surface area (Å²) >= 11 is 10.5. The minimum Gasteiger partial charge on any atom is -0.860 e. The zero-order valence-corrected chi connectivity index (χ0v) is 22.8. The zero-order chi connectivity index (χ0) is 18.6. The van der Waals surface area contributed by atoms with E-state index in [1.165, 1.54) is 10.0 Å². The van der Waals surface area contributed by atoms with Gasteiger partial charge in [0.2, 0.25) is 0 Å². The van der Waals surface area contributed by atoms with Gasteiger partial charge >= 0.3 is 59.1 Å². The molecule has 0 fully saturated rings. The molecule has 0 atom stereocenters. The summed E-state index contributed by atoms with van der Waals surface area (Å²) in [6, 6.07) is 0. The second kappa shape index (κ2) is 12.2. The molecule has 0 unspecified atom stereocenters. The molecule has 0 spiro atoms. The fraction of sp³-hybridized carbons (Fsp3) is 0.733. The van der Waals surface area contributed by atoms with Crippen molar-refractivity contribution >= 4 is 46.2 Å². The van der Waals surface area contributed by atoms with E-state index in [-0.39, 0.29) is 69.9 Å². The van der Waals surface area contributed by atoms with E-state index < -0.39 is 18.2 Å². The monoisotopic (exact) mass is 404 g/mol. The van der Waals surface area contributed by atoms with Crippen molar-refractivity contribution in [1.82, 2.24) is 10.0 Å². The average Bonchev–Trinajstić information content (AvgIpc) is 2.33. The minimum atomic E-state index is -0.595. The van der Waals surface area contributed by atoms with Crippen molar-refractivity contribution in [1.29, 1.82) is 0 Å². The summed E-state index contributed by atoms with van der Waals surface area (Å²) in [6.45, 7) is 11.6. The number of nitrogens with zero attached hydrogens (tertiary/aromatic N) is 4. The van der Waals surface area contributed by atoms with Gasteiger partial charge in [-0.3, -0.25) is 10.0 Å². The molecule has 0 heterocycles. The molecule has 0 saturated carbocycles. The third kappa shape index (κ3) is 11.9. The Morgan fingerprint density at radius 2 is 1.00 bits per heavy atom. The maximum atomic E-state index is 11.8. The van der Waals surface area contributed by atoms with Gasteiger partial charge in [0.05, 0.1) is 0 Å². The first-order valence-corrected chi connectivity index (χ1v) is 8.03. The molecule has 0 saturated heterocycles. The normalized spacial score (nSPS) is 12.6. The van der Waals surface area contributed by atoms with Crippen molar-refractivity contribution in [3.8, 4) is 0 Å². The first-order chi connectivity index (χ1) is 10.2. The average molecular weight is 405 g/mol. The van der Waals surface area contributed by atoms with Crippen LogP contribution < -0.4 is 69.3 Å². The van der Waals surface area contributed by atoms with Gasteiger partial charge in [0.15, 0.2) is 0 Å². The summed E-state index contributed by atoms with van der Waals surface area (Å²) in [7, 11) is 3.18. The molecule has 0 aromatic rings. The van der Waals surface area contributed by atoms with Crippen LogP contribution in [0.15, 0.2) is 10.2 Å². The summed E-state index contributed by atoms with van der Waals surface area (Å²) < 4.78 is 0. The van der Waals surface area contributed by atoms with Gasteiger partial charge < -0.3 is 10.2 Å². The maximum absolute atomic E-state index is 11.8. The zero-order valence-electron chi connectivity index (χ0n) is 17.1. The predicted molar refractivity (Wildman–Crippen MR) is 99.1 cm³/mol. The molecule has 0 aliphatic rings. The van der Waals surface area contributed by atoms with E-state index in [4.69, 9.17) is 24.4 Å². The Hall–Kier alpha value is 0.720. The predicted octanol–water partition coefficient (Wildman–Crippen LogP) is -4.66. The van der Waals surface area contributed by atoms with Crippen LogP contribution in [0, 0.1) is 10.8 Å². The van der Waals surface area contributed by atoms with Crippen molar-refractivity contribution in [3.63, 3.8) is 0 Å². The van der Waals surface area contributed by atoms with Gasteiger partial charge in [0, 0.05) is 31.3 Å². The Morgan fingerprint density at radius 3 is 1.20 bits per heavy atom. The molecule has 0 aromatic carbocycles. The van der Waals surface area contributed by atoms with Crippen molar-refractivity contribution in [2.45, 2.75) is 48.0 Å². The van der Waals surface area contributed by atoms with E-state index in [0.29, 0.717) is 9.98 Å². The van der Waals surface area contributed by atoms with E-state index >= 15 is 0 Å². The van der Waals surface area contributed by atoms with Crippen LogP contribution in [0.25, 0.3) is 0 Å². The van der Waals surface area contributed by atoms with Crippen molar-refractivity contribution in [3.05, 3.63) is 0 Å². The number of hydrogen-bond donors (Lipinski definition) is 0. The van der Waals surface area contributed by atoms with Crippen LogP contribution in [-0.2, 0) is 0 Å². The molecule has 6 nitrogen and oxygen atoms in total. The summed E-state index contributed by atoms with van der Waals surface area (Å²) in [5, 5.41) is 34.0. The molecule has 0 amide bonds. The minimum absolute atomic E-state index is 0. The maximum Gasteiger partial charge on any atom is 1.00 e. The SMILES string of the molecule is CN(/N=C(\[O-])C/C([O-])=N/N(C)C(=S)C(C)(C)C)C(=S)C(C)(C)C.[Na+].[Na+]. The molecule has 25 heavy (non-hydrogen) atoms. The molecular weight excluding hydrogens is 378 g/mol. The summed E-state index contributed by atoms with van der Waals surface area (Å²) in [4.78, 5) is 1.03. The van der Waals surface area contributed by atoms with Gasteiger partial charge in [-0.05, 0) is 11.8 Å². The smallest absolute Gasteiger partial charge is 0.860 e. The van der Waals surface area contributed by atoms with Crippen molar-refractivity contribution in [2.75, 3.05) is 14.1 Å². The standard InChI is InChI=1S/C15H28N4O2S2.2Na/c1-14(2,3)12(22)18(7)16-10(20)9-11(21)17-19(8)13(23)15(4,5)6;;/h9H2,1-8H3,(H,16,20)(H,17,21);;/q;2*+1/p-2. The van der Waals surface area contributed by atoms with E-state index in [1.54, 1.807) is 14.1 Å². The number of thiocarbonyl (C=S) groups is 2. The Morgan fingerprint density at radius 1 is 0.760 bits per heavy atom. The quantitative estimate of drug-likeness (QED) is 0.154. The van der Waals surface area contributed by atoms with Gasteiger partial charge in [-0.25, -0.2) is 0 Å². The molecule has 0 bridgehead atoms. The van der Waals surface area contributed by atoms with Crippen LogP contribution in [0.4, 0.5) is 0 Å². The van der Waals surface area contributed by atoms with Crippen LogP contribution in [0.2, 0.25) is 0 Å². The van der Waals surface area contributed by atoms with Crippen LogP contribution >= 0.6 is 24.4 Å². The Balaban J connectivity index is -0.00000242. The fourth-order valence-electron chi connectivity index (χ4n) is 1.60. The molecule has 0 aliphatic heterocycles. The summed E-state index contributed by atoms with van der Waals surface area (Å²) in [6.07, 6.45) is -0.422. The van der Waals surface area contributed by atoms with Gasteiger partial charge in [0.1, 0.15) is 9.98 Å². The fourth-order valence-corrected chi connectivity index (χ4v) is 1.68. The molecule has 10 heteroatoms. The van der Waals surface area contributed by atoms with Gasteiger partial charge in [0.25, 0.3) is 0 Å². The van der Waals surface area contributed by atoms with Crippen LogP contribution in [0.5, 0.6) is 0 Å². The van der Waals surface area contributed by atoms with E-state index in [2.05, 4.69) is 10.2 Å². The van der Waals surface area contributed by atoms with Crippen molar-refractivity contribution in [2.24, 2.45) is 21.0 Å². The third-order valence-corrected chi connectivity index (χ3v) is 4.45. The second-order valence-electron chi connectivity index (χ2n) is 7.32. The molecule has 0 aromatic heterocycles. The van der Waals surface area contributed by atoms with E-state index in [9.17, 15) is 10.2 Å². The largest absolute Gasteiger partial charge is 1.00 e. The van der Waals surface area contributed by atoms with E-state index in [0.717, 1.165) is 0 Å². The number of hydrogen-bond acceptors (Lipinski definition) is 6. The summed E-state index contributed by atoms with van der Waals surface area (Å²) in [5.74, 6) is -1.19. The van der Waals surface area contributed by atoms with Gasteiger partial charge in [-0.15, -0.1) is 0 Å². The summed E-state index contributed by atoms with van der Waals surface area (Å²) in [5.41, 5.74) is -0.581. The molecule has 0 aliphatic carbocycles. The molecule has 132 valence electrons.